The Kier molecular flexibility index (Phi) is 4.66. The van der Waals surface area contributed by atoms with E-state index in [0.717, 1.165) is 31.5 Å². The van der Waals surface area contributed by atoms with Crippen LogP contribution in [0.2, 0.25) is 0 Å². The minimum Gasteiger partial charge on any atom is -0.383 e. The van der Waals surface area contributed by atoms with Crippen molar-refractivity contribution in [3.05, 3.63) is 35.4 Å². The zero-order valence-corrected chi connectivity index (χ0v) is 13.5. The molecule has 0 amide bonds. The molecule has 2 aliphatic carbocycles. The quantitative estimate of drug-likeness (QED) is 0.774. The smallest absolute Gasteiger partial charge is 0.0587 e. The topological polar surface area (TPSA) is 21.3 Å². The van der Waals surface area contributed by atoms with E-state index < -0.39 is 0 Å². The minimum atomic E-state index is 0.489. The van der Waals surface area contributed by atoms with Crippen molar-refractivity contribution in [2.24, 2.45) is 17.3 Å². The summed E-state index contributed by atoms with van der Waals surface area (Å²) in [5.74, 6) is 1.92. The number of nitrogens with one attached hydrogen (secondary N) is 1. The summed E-state index contributed by atoms with van der Waals surface area (Å²) in [5, 5.41) is 3.67. The van der Waals surface area contributed by atoms with Gasteiger partial charge in [-0.1, -0.05) is 30.7 Å². The van der Waals surface area contributed by atoms with Gasteiger partial charge in [0.05, 0.1) is 6.61 Å². The van der Waals surface area contributed by atoms with Crippen molar-refractivity contribution in [2.45, 2.75) is 39.0 Å². The number of ether oxygens (including phenoxy) is 1. The first-order valence-electron chi connectivity index (χ1n) is 8.48. The second-order valence-electron chi connectivity index (χ2n) is 7.22. The Balaban J connectivity index is 1.72. The number of hydrogen-bond donors (Lipinski definition) is 1. The Bertz CT molecular complexity index is 472. The summed E-state index contributed by atoms with van der Waals surface area (Å²) in [6, 6.07) is 8.94. The molecule has 0 saturated heterocycles. The van der Waals surface area contributed by atoms with Gasteiger partial charge in [0.2, 0.25) is 0 Å². The second-order valence-corrected chi connectivity index (χ2v) is 7.22. The third-order valence-corrected chi connectivity index (χ3v) is 5.87. The lowest BCUT2D eigenvalue weighted by molar-refractivity contribution is 0.145. The highest BCUT2D eigenvalue weighted by Gasteiger charge is 2.50. The predicted octanol–water partition coefficient (Wildman–Crippen LogP) is 3.58. The average Bonchev–Trinajstić information content (AvgIpc) is 3.07. The average molecular weight is 287 g/mol. The van der Waals surface area contributed by atoms with Crippen LogP contribution in [0.5, 0.6) is 0 Å². The van der Waals surface area contributed by atoms with Crippen molar-refractivity contribution in [1.29, 1.82) is 0 Å². The molecular weight excluding hydrogens is 258 g/mol. The molecule has 0 spiro atoms. The van der Waals surface area contributed by atoms with Crippen molar-refractivity contribution >= 4 is 0 Å². The highest BCUT2D eigenvalue weighted by molar-refractivity contribution is 5.27. The van der Waals surface area contributed by atoms with Gasteiger partial charge in [-0.3, -0.25) is 0 Å². The fourth-order valence-corrected chi connectivity index (χ4v) is 4.75. The Morgan fingerprint density at radius 2 is 2.14 bits per heavy atom. The van der Waals surface area contributed by atoms with Gasteiger partial charge in [0.15, 0.2) is 0 Å². The molecule has 0 aromatic heterocycles. The van der Waals surface area contributed by atoms with Gasteiger partial charge in [0.25, 0.3) is 0 Å². The van der Waals surface area contributed by atoms with Crippen LogP contribution in [0.4, 0.5) is 0 Å². The third-order valence-electron chi connectivity index (χ3n) is 5.87. The molecule has 2 nitrogen and oxygen atoms in total. The highest BCUT2D eigenvalue weighted by Crippen LogP contribution is 2.57. The molecule has 116 valence electrons. The fraction of sp³-hybridized carbons (Fsp3) is 0.684. The Labute approximate surface area is 129 Å². The summed E-state index contributed by atoms with van der Waals surface area (Å²) < 4.78 is 5.18. The Hall–Kier alpha value is -0.860. The molecule has 0 aliphatic heterocycles. The van der Waals surface area contributed by atoms with Gasteiger partial charge in [-0.2, -0.15) is 0 Å². The summed E-state index contributed by atoms with van der Waals surface area (Å²) in [5.41, 5.74) is 3.50. The van der Waals surface area contributed by atoms with Crippen molar-refractivity contribution in [1.82, 2.24) is 5.32 Å². The summed E-state index contributed by atoms with van der Waals surface area (Å²) in [6.45, 7) is 5.21. The lowest BCUT2D eigenvalue weighted by Crippen LogP contribution is -2.41. The van der Waals surface area contributed by atoms with E-state index >= 15 is 0 Å². The molecule has 1 N–H and O–H groups in total. The lowest BCUT2D eigenvalue weighted by atomic mass is 9.69. The standard InChI is InChI=1S/C19H29NO/c1-15-5-3-4-6-17(15)13-19(14-20-9-10-21-2)12-16-7-8-18(19)11-16/h3-6,16,18,20H,7-14H2,1-2H3. The molecule has 2 saturated carbocycles. The summed E-state index contributed by atoms with van der Waals surface area (Å²) in [6.07, 6.45) is 7.06. The van der Waals surface area contributed by atoms with E-state index in [1.165, 1.54) is 37.7 Å². The zero-order valence-electron chi connectivity index (χ0n) is 13.5. The molecule has 3 unspecified atom stereocenters. The maximum Gasteiger partial charge on any atom is 0.0587 e. The van der Waals surface area contributed by atoms with Crippen LogP contribution < -0.4 is 5.32 Å². The normalized spacial score (nSPS) is 31.0. The first kappa shape index (κ1) is 15.1. The molecule has 0 heterocycles. The van der Waals surface area contributed by atoms with E-state index in [4.69, 9.17) is 4.74 Å². The molecule has 3 rings (SSSR count). The van der Waals surface area contributed by atoms with Crippen LogP contribution in [0, 0.1) is 24.2 Å². The molecule has 2 aliphatic rings. The number of benzene rings is 1. The molecule has 0 radical (unpaired) electrons. The number of rotatable bonds is 7. The maximum atomic E-state index is 5.18. The number of hydrogen-bond acceptors (Lipinski definition) is 2. The van der Waals surface area contributed by atoms with Crippen LogP contribution in [0.3, 0.4) is 0 Å². The van der Waals surface area contributed by atoms with Crippen LogP contribution in [0.15, 0.2) is 24.3 Å². The van der Waals surface area contributed by atoms with Crippen molar-refractivity contribution in [3.63, 3.8) is 0 Å². The SMILES string of the molecule is COCCNCC1(Cc2ccccc2C)CC2CCC1C2. The van der Waals surface area contributed by atoms with Crippen LogP contribution in [-0.2, 0) is 11.2 Å². The van der Waals surface area contributed by atoms with E-state index in [2.05, 4.69) is 36.5 Å². The molecule has 1 aromatic carbocycles. The van der Waals surface area contributed by atoms with Gasteiger partial charge in [0, 0.05) is 20.2 Å². The van der Waals surface area contributed by atoms with Gasteiger partial charge in [-0.15, -0.1) is 0 Å². The van der Waals surface area contributed by atoms with E-state index in [9.17, 15) is 0 Å². The largest absolute Gasteiger partial charge is 0.383 e. The molecule has 3 atom stereocenters. The number of aryl methyl sites for hydroxylation is 1. The van der Waals surface area contributed by atoms with Crippen molar-refractivity contribution < 1.29 is 4.74 Å². The van der Waals surface area contributed by atoms with E-state index in [1.54, 1.807) is 12.7 Å². The van der Waals surface area contributed by atoms with Crippen LogP contribution in [0.1, 0.15) is 36.8 Å². The second kappa shape index (κ2) is 6.50. The van der Waals surface area contributed by atoms with Crippen LogP contribution >= 0.6 is 0 Å². The van der Waals surface area contributed by atoms with Gasteiger partial charge < -0.3 is 10.1 Å². The van der Waals surface area contributed by atoms with E-state index in [0.29, 0.717) is 5.41 Å². The summed E-state index contributed by atoms with van der Waals surface area (Å²) in [7, 11) is 1.78. The Morgan fingerprint density at radius 1 is 1.29 bits per heavy atom. The van der Waals surface area contributed by atoms with Crippen molar-refractivity contribution in [3.8, 4) is 0 Å². The Morgan fingerprint density at radius 3 is 2.81 bits per heavy atom. The monoisotopic (exact) mass is 287 g/mol. The molecule has 2 bridgehead atoms. The predicted molar refractivity (Wildman–Crippen MR) is 87.5 cm³/mol. The summed E-state index contributed by atoms with van der Waals surface area (Å²) in [4.78, 5) is 0. The maximum absolute atomic E-state index is 5.18. The molecule has 2 fully saturated rings. The lowest BCUT2D eigenvalue weighted by Gasteiger charge is -2.39. The van der Waals surface area contributed by atoms with Crippen LogP contribution in [0.25, 0.3) is 0 Å². The minimum absolute atomic E-state index is 0.489. The first-order valence-corrected chi connectivity index (χ1v) is 8.48. The fourth-order valence-electron chi connectivity index (χ4n) is 4.75. The number of methoxy groups -OCH3 is 1. The molecule has 1 aromatic rings. The molecule has 21 heavy (non-hydrogen) atoms. The number of fused-ring (bicyclic) bond motifs is 2. The zero-order chi connectivity index (χ0) is 14.7. The molecular formula is C19H29NO. The van der Waals surface area contributed by atoms with Crippen LogP contribution in [-0.4, -0.2) is 26.8 Å². The van der Waals surface area contributed by atoms with Gasteiger partial charge >= 0.3 is 0 Å². The van der Waals surface area contributed by atoms with Crippen molar-refractivity contribution in [2.75, 3.05) is 26.8 Å². The first-order chi connectivity index (χ1) is 10.2. The van der Waals surface area contributed by atoms with Gasteiger partial charge in [-0.25, -0.2) is 0 Å². The third kappa shape index (κ3) is 3.17. The molecule has 2 heteroatoms. The highest BCUT2D eigenvalue weighted by atomic mass is 16.5. The van der Waals surface area contributed by atoms with Gasteiger partial charge in [-0.05, 0) is 61.0 Å². The van der Waals surface area contributed by atoms with Gasteiger partial charge in [0.1, 0.15) is 0 Å². The van der Waals surface area contributed by atoms with E-state index in [-0.39, 0.29) is 0 Å². The summed E-state index contributed by atoms with van der Waals surface area (Å²) >= 11 is 0. The van der Waals surface area contributed by atoms with E-state index in [1.807, 2.05) is 0 Å².